The van der Waals surface area contributed by atoms with E-state index >= 15 is 0 Å². The number of aliphatic hydroxyl groups is 2. The van der Waals surface area contributed by atoms with E-state index in [0.717, 1.165) is 0 Å². The highest BCUT2D eigenvalue weighted by Crippen LogP contribution is 2.33. The fourth-order valence-electron chi connectivity index (χ4n) is 2.24. The van der Waals surface area contributed by atoms with Gasteiger partial charge in [-0.05, 0) is 0 Å². The lowest BCUT2D eigenvalue weighted by Gasteiger charge is -2.16. The number of aromatic nitrogens is 4. The van der Waals surface area contributed by atoms with Gasteiger partial charge >= 0.3 is 0 Å². The zero-order valence-corrected chi connectivity index (χ0v) is 11.1. The van der Waals surface area contributed by atoms with E-state index in [0.29, 0.717) is 0 Å². The molecule has 10 heteroatoms. The number of ether oxygens (including phenoxy) is 1. The monoisotopic (exact) mass is 299 g/mol. The summed E-state index contributed by atoms with van der Waals surface area (Å²) < 4.78 is 6.93. The van der Waals surface area contributed by atoms with Gasteiger partial charge < -0.3 is 20.7 Å². The van der Waals surface area contributed by atoms with Crippen molar-refractivity contribution in [3.05, 3.63) is 16.7 Å². The Labute approximate surface area is 117 Å². The van der Waals surface area contributed by atoms with Gasteiger partial charge in [-0.15, -0.1) is 0 Å². The van der Waals surface area contributed by atoms with Crippen LogP contribution in [0.5, 0.6) is 0 Å². The maximum Gasteiger partial charge on any atom is 0.280 e. The van der Waals surface area contributed by atoms with Gasteiger partial charge in [-0.2, -0.15) is 17.6 Å². The van der Waals surface area contributed by atoms with E-state index in [1.54, 1.807) is 0 Å². The molecule has 0 saturated carbocycles. The fraction of sp³-hybridized carbons (Fsp3) is 0.500. The second kappa shape index (κ2) is 4.74. The predicted octanol–water partition coefficient (Wildman–Crippen LogP) is -1.75. The Hall–Kier alpha value is -1.62. The summed E-state index contributed by atoms with van der Waals surface area (Å²) in [5.74, 6) is -0.0575. The molecule has 0 amide bonds. The maximum atomic E-state index is 11.7. The van der Waals surface area contributed by atoms with Crippen LogP contribution in [-0.2, 0) is 4.74 Å². The Morgan fingerprint density at radius 2 is 2.35 bits per heavy atom. The first-order valence-corrected chi connectivity index (χ1v) is 6.39. The van der Waals surface area contributed by atoms with Gasteiger partial charge in [0.05, 0.1) is 24.3 Å². The van der Waals surface area contributed by atoms with Gasteiger partial charge in [0.25, 0.3) is 5.56 Å². The van der Waals surface area contributed by atoms with Crippen molar-refractivity contribution >= 4 is 29.7 Å². The zero-order chi connectivity index (χ0) is 14.4. The molecule has 3 heterocycles. The minimum absolute atomic E-state index is 0.0575. The van der Waals surface area contributed by atoms with Crippen LogP contribution in [0.25, 0.3) is 11.2 Å². The SMILES string of the molecule is Nc1nc2c(ncn2C2OC(CO)C(S)C2O)c(=O)[nH]1. The lowest BCUT2D eigenvalue weighted by atomic mass is 10.2. The Morgan fingerprint density at radius 1 is 1.60 bits per heavy atom. The van der Waals surface area contributed by atoms with Gasteiger partial charge in [-0.3, -0.25) is 14.3 Å². The van der Waals surface area contributed by atoms with Crippen LogP contribution in [0, 0.1) is 0 Å². The Balaban J connectivity index is 2.09. The van der Waals surface area contributed by atoms with Crippen molar-refractivity contribution < 1.29 is 14.9 Å². The average Bonchev–Trinajstić information content (AvgIpc) is 2.93. The third-order valence-electron chi connectivity index (χ3n) is 3.24. The molecule has 1 aliphatic rings. The fourth-order valence-corrected chi connectivity index (χ4v) is 2.55. The minimum Gasteiger partial charge on any atom is -0.394 e. The summed E-state index contributed by atoms with van der Waals surface area (Å²) in [4.78, 5) is 22.0. The molecule has 1 fully saturated rings. The Bertz CT molecular complexity index is 701. The number of rotatable bonds is 2. The number of imidazole rings is 1. The van der Waals surface area contributed by atoms with Crippen molar-refractivity contribution in [3.63, 3.8) is 0 Å². The van der Waals surface area contributed by atoms with Crippen LogP contribution < -0.4 is 11.3 Å². The molecule has 3 rings (SSSR count). The number of H-pyrrole nitrogens is 1. The number of aromatic amines is 1. The molecule has 4 unspecified atom stereocenters. The van der Waals surface area contributed by atoms with E-state index in [-0.39, 0.29) is 23.7 Å². The van der Waals surface area contributed by atoms with Gasteiger partial charge in [-0.25, -0.2) is 4.98 Å². The summed E-state index contributed by atoms with van der Waals surface area (Å²) in [6.45, 7) is -0.273. The van der Waals surface area contributed by atoms with Crippen LogP contribution in [-0.4, -0.2) is 53.8 Å². The number of nitrogens with two attached hydrogens (primary N) is 1. The summed E-state index contributed by atoms with van der Waals surface area (Å²) in [6, 6.07) is 0. The van der Waals surface area contributed by atoms with Crippen LogP contribution in [0.1, 0.15) is 6.23 Å². The molecule has 2 aromatic rings. The van der Waals surface area contributed by atoms with E-state index in [9.17, 15) is 15.0 Å². The Kier molecular flexibility index (Phi) is 3.17. The summed E-state index contributed by atoms with van der Waals surface area (Å²) in [6.07, 6.45) is -1.10. The van der Waals surface area contributed by atoms with Crippen LogP contribution in [0.3, 0.4) is 0 Å². The molecule has 0 aromatic carbocycles. The van der Waals surface area contributed by atoms with Crippen LogP contribution in [0.4, 0.5) is 5.95 Å². The summed E-state index contributed by atoms with van der Waals surface area (Å²) >= 11 is 4.21. The van der Waals surface area contributed by atoms with E-state index in [4.69, 9.17) is 10.5 Å². The van der Waals surface area contributed by atoms with Crippen molar-refractivity contribution in [3.8, 4) is 0 Å². The second-order valence-electron chi connectivity index (χ2n) is 4.50. The standard InChI is InChI=1S/C10H13N5O4S/c11-10-13-7-4(8(18)14-10)12-2-15(7)9-5(17)6(20)3(1-16)19-9/h2-3,5-6,9,16-17,20H,1H2,(H3,11,13,14,18). The van der Waals surface area contributed by atoms with Gasteiger partial charge in [0.15, 0.2) is 17.4 Å². The highest BCUT2D eigenvalue weighted by molar-refractivity contribution is 7.81. The van der Waals surface area contributed by atoms with E-state index in [1.165, 1.54) is 10.9 Å². The van der Waals surface area contributed by atoms with Crippen molar-refractivity contribution in [2.24, 2.45) is 0 Å². The number of aliphatic hydroxyl groups excluding tert-OH is 2. The summed E-state index contributed by atoms with van der Waals surface area (Å²) in [7, 11) is 0. The van der Waals surface area contributed by atoms with E-state index < -0.39 is 29.2 Å². The molecule has 0 radical (unpaired) electrons. The topological polar surface area (TPSA) is 139 Å². The first-order chi connectivity index (χ1) is 9.52. The van der Waals surface area contributed by atoms with Crippen LogP contribution in [0.15, 0.2) is 11.1 Å². The number of hydrogen-bond acceptors (Lipinski definition) is 8. The second-order valence-corrected chi connectivity index (χ2v) is 5.10. The Morgan fingerprint density at radius 3 is 3.00 bits per heavy atom. The number of hydrogen-bond donors (Lipinski definition) is 5. The van der Waals surface area contributed by atoms with Crippen molar-refractivity contribution in [1.29, 1.82) is 0 Å². The lowest BCUT2D eigenvalue weighted by molar-refractivity contribution is -0.0486. The van der Waals surface area contributed by atoms with Crippen molar-refractivity contribution in [2.75, 3.05) is 12.3 Å². The van der Waals surface area contributed by atoms with Crippen molar-refractivity contribution in [1.82, 2.24) is 19.5 Å². The molecule has 1 aliphatic heterocycles. The molecule has 108 valence electrons. The van der Waals surface area contributed by atoms with Gasteiger partial charge in [0.1, 0.15) is 6.10 Å². The first kappa shape index (κ1) is 13.4. The molecule has 20 heavy (non-hydrogen) atoms. The molecule has 5 N–H and O–H groups in total. The zero-order valence-electron chi connectivity index (χ0n) is 10.2. The number of thiol groups is 1. The quantitative estimate of drug-likeness (QED) is 0.414. The van der Waals surface area contributed by atoms with Crippen LogP contribution >= 0.6 is 12.6 Å². The summed E-state index contributed by atoms with van der Waals surface area (Å²) in [5.41, 5.74) is 5.33. The van der Waals surface area contributed by atoms with E-state index in [2.05, 4.69) is 27.6 Å². The van der Waals surface area contributed by atoms with Crippen molar-refractivity contribution in [2.45, 2.75) is 23.7 Å². The molecule has 9 nitrogen and oxygen atoms in total. The van der Waals surface area contributed by atoms with Gasteiger partial charge in [-0.1, -0.05) is 0 Å². The third kappa shape index (κ3) is 1.88. The summed E-state index contributed by atoms with van der Waals surface area (Å²) in [5, 5.41) is 18.7. The largest absolute Gasteiger partial charge is 0.394 e. The molecular weight excluding hydrogens is 286 g/mol. The number of nitrogens with one attached hydrogen (secondary N) is 1. The van der Waals surface area contributed by atoms with Gasteiger partial charge in [0.2, 0.25) is 5.95 Å². The molecule has 0 bridgehead atoms. The number of nitrogens with zero attached hydrogens (tertiary/aromatic N) is 3. The number of anilines is 1. The van der Waals surface area contributed by atoms with Crippen LogP contribution in [0.2, 0.25) is 0 Å². The van der Waals surface area contributed by atoms with Gasteiger partial charge in [0, 0.05) is 0 Å². The molecule has 0 aliphatic carbocycles. The molecule has 0 spiro atoms. The molecular formula is C10H13N5O4S. The highest BCUT2D eigenvalue weighted by atomic mass is 32.1. The third-order valence-corrected chi connectivity index (χ3v) is 3.88. The number of nitrogen functional groups attached to an aromatic ring is 1. The molecule has 2 aromatic heterocycles. The molecule has 4 atom stereocenters. The maximum absolute atomic E-state index is 11.7. The highest BCUT2D eigenvalue weighted by Gasteiger charge is 2.43. The minimum atomic E-state index is -0.977. The number of fused-ring (bicyclic) bond motifs is 1. The lowest BCUT2D eigenvalue weighted by Crippen LogP contribution is -2.28. The smallest absolute Gasteiger partial charge is 0.280 e. The predicted molar refractivity (Wildman–Crippen MR) is 72.3 cm³/mol. The normalized spacial score (nSPS) is 30.1. The average molecular weight is 299 g/mol. The molecule has 1 saturated heterocycles. The van der Waals surface area contributed by atoms with E-state index in [1.807, 2.05) is 0 Å². The first-order valence-electron chi connectivity index (χ1n) is 5.87.